The molecule has 3 aromatic carbocycles. The Morgan fingerprint density at radius 1 is 0.861 bits per heavy atom. The molecule has 0 saturated carbocycles. The average Bonchev–Trinajstić information content (AvgIpc) is 2.84. The minimum absolute atomic E-state index is 0.0127. The highest BCUT2D eigenvalue weighted by molar-refractivity contribution is 5.36. The number of likely N-dealkylation sites (tertiary alicyclic amines) is 1. The molecule has 0 spiro atoms. The summed E-state index contributed by atoms with van der Waals surface area (Å²) in [6.07, 6.45) is -2.16. The molecule has 7 heteroatoms. The predicted octanol–water partition coefficient (Wildman–Crippen LogP) is 7.19. The Kier molecular flexibility index (Phi) is 7.81. The maximum absolute atomic E-state index is 13.5. The summed E-state index contributed by atoms with van der Waals surface area (Å²) in [7, 11) is 0. The Bertz CT molecular complexity index is 1100. The summed E-state index contributed by atoms with van der Waals surface area (Å²) >= 11 is 0. The van der Waals surface area contributed by atoms with Crippen LogP contribution in [-0.4, -0.2) is 29.6 Å². The van der Waals surface area contributed by atoms with Crippen molar-refractivity contribution < 1.29 is 27.1 Å². The fraction of sp³-hybridized carbons (Fsp3) is 0.379. The standard InChI is InChI=1S/C29H30F5NO/c1-20-4-9-23(19-27(20)29(32,33)34)28(36)14-17-35(18-15-28)16-2-3-26(21-5-10-24(30)11-6-21)22-7-12-25(31)13-8-22/h4-13,19,26,36H,2-3,14-18H2,1H3. The molecule has 3 aromatic rings. The van der Waals surface area contributed by atoms with E-state index in [1.165, 1.54) is 37.3 Å². The van der Waals surface area contributed by atoms with Gasteiger partial charge < -0.3 is 10.0 Å². The number of benzene rings is 3. The van der Waals surface area contributed by atoms with Crippen LogP contribution in [0.1, 0.15) is 59.4 Å². The van der Waals surface area contributed by atoms with Gasteiger partial charge >= 0.3 is 6.18 Å². The summed E-state index contributed by atoms with van der Waals surface area (Å²) < 4.78 is 66.9. The molecule has 0 bridgehead atoms. The number of nitrogens with zero attached hydrogens (tertiary/aromatic N) is 1. The first-order valence-corrected chi connectivity index (χ1v) is 12.2. The van der Waals surface area contributed by atoms with E-state index in [9.17, 15) is 27.1 Å². The van der Waals surface area contributed by atoms with Crippen LogP contribution < -0.4 is 0 Å². The van der Waals surface area contributed by atoms with Crippen molar-refractivity contribution >= 4 is 0 Å². The van der Waals surface area contributed by atoms with Crippen LogP contribution in [0, 0.1) is 18.6 Å². The van der Waals surface area contributed by atoms with Crippen LogP contribution >= 0.6 is 0 Å². The SMILES string of the molecule is Cc1ccc(C2(O)CCN(CCCC(c3ccc(F)cc3)c3ccc(F)cc3)CC2)cc1C(F)(F)F. The van der Waals surface area contributed by atoms with Crippen molar-refractivity contribution in [2.24, 2.45) is 0 Å². The lowest BCUT2D eigenvalue weighted by Crippen LogP contribution is -2.43. The zero-order valence-corrected chi connectivity index (χ0v) is 20.2. The van der Waals surface area contributed by atoms with E-state index in [2.05, 4.69) is 4.90 Å². The Morgan fingerprint density at radius 2 is 1.39 bits per heavy atom. The molecule has 0 aliphatic carbocycles. The number of hydrogen-bond acceptors (Lipinski definition) is 2. The van der Waals surface area contributed by atoms with Crippen LogP contribution in [0.4, 0.5) is 22.0 Å². The maximum atomic E-state index is 13.5. The lowest BCUT2D eigenvalue weighted by molar-refractivity contribution is -0.138. The number of rotatable bonds is 7. The van der Waals surface area contributed by atoms with Gasteiger partial charge in [0.15, 0.2) is 0 Å². The van der Waals surface area contributed by atoms with Crippen molar-refractivity contribution in [1.82, 2.24) is 4.90 Å². The van der Waals surface area contributed by atoms with E-state index in [1.54, 1.807) is 30.3 Å². The summed E-state index contributed by atoms with van der Waals surface area (Å²) in [6.45, 7) is 3.33. The van der Waals surface area contributed by atoms with E-state index < -0.39 is 17.3 Å². The second-order valence-electron chi connectivity index (χ2n) is 9.70. The second-order valence-corrected chi connectivity index (χ2v) is 9.70. The monoisotopic (exact) mass is 503 g/mol. The molecule has 1 aliphatic rings. The van der Waals surface area contributed by atoms with Crippen LogP contribution in [0.5, 0.6) is 0 Å². The first-order chi connectivity index (χ1) is 17.0. The van der Waals surface area contributed by atoms with E-state index in [0.29, 0.717) is 31.5 Å². The maximum Gasteiger partial charge on any atom is 0.416 e. The Hall–Kier alpha value is -2.77. The van der Waals surface area contributed by atoms with Crippen molar-refractivity contribution in [3.05, 3.63) is 106 Å². The molecule has 1 fully saturated rings. The largest absolute Gasteiger partial charge is 0.416 e. The van der Waals surface area contributed by atoms with E-state index in [1.807, 2.05) is 0 Å². The number of alkyl halides is 3. The molecule has 0 radical (unpaired) electrons. The van der Waals surface area contributed by atoms with Gasteiger partial charge in [-0.1, -0.05) is 36.4 Å². The zero-order valence-electron chi connectivity index (χ0n) is 20.2. The minimum Gasteiger partial charge on any atom is -0.385 e. The zero-order chi connectivity index (χ0) is 25.9. The second kappa shape index (κ2) is 10.7. The molecule has 1 N–H and O–H groups in total. The van der Waals surface area contributed by atoms with E-state index >= 15 is 0 Å². The van der Waals surface area contributed by atoms with Gasteiger partial charge in [-0.05, 0) is 91.7 Å². The number of aliphatic hydroxyl groups is 1. The fourth-order valence-electron chi connectivity index (χ4n) is 5.09. The number of aryl methyl sites for hydroxylation is 1. The molecule has 0 unspecified atom stereocenters. The summed E-state index contributed by atoms with van der Waals surface area (Å²) in [5.41, 5.74) is 0.377. The van der Waals surface area contributed by atoms with Crippen molar-refractivity contribution in [3.63, 3.8) is 0 Å². The highest BCUT2D eigenvalue weighted by Crippen LogP contribution is 2.38. The van der Waals surface area contributed by atoms with Crippen LogP contribution in [0.3, 0.4) is 0 Å². The smallest absolute Gasteiger partial charge is 0.385 e. The fourth-order valence-corrected chi connectivity index (χ4v) is 5.09. The Balaban J connectivity index is 1.38. The van der Waals surface area contributed by atoms with E-state index in [0.717, 1.165) is 36.6 Å². The molecule has 192 valence electrons. The van der Waals surface area contributed by atoms with Gasteiger partial charge in [-0.25, -0.2) is 8.78 Å². The topological polar surface area (TPSA) is 23.5 Å². The lowest BCUT2D eigenvalue weighted by atomic mass is 9.83. The quantitative estimate of drug-likeness (QED) is 0.345. The summed E-state index contributed by atoms with van der Waals surface area (Å²) in [6, 6.07) is 16.8. The molecular weight excluding hydrogens is 473 g/mol. The number of hydrogen-bond donors (Lipinski definition) is 1. The first-order valence-electron chi connectivity index (χ1n) is 12.2. The van der Waals surface area contributed by atoms with Crippen LogP contribution in [0.25, 0.3) is 0 Å². The van der Waals surface area contributed by atoms with Gasteiger partial charge in [0.2, 0.25) is 0 Å². The van der Waals surface area contributed by atoms with Gasteiger partial charge in [-0.2, -0.15) is 13.2 Å². The van der Waals surface area contributed by atoms with Crippen molar-refractivity contribution in [2.75, 3.05) is 19.6 Å². The van der Waals surface area contributed by atoms with E-state index in [-0.39, 0.29) is 23.1 Å². The molecule has 0 amide bonds. The molecule has 2 nitrogen and oxygen atoms in total. The molecule has 4 rings (SSSR count). The normalized spacial score (nSPS) is 16.4. The molecule has 1 heterocycles. The minimum atomic E-state index is -4.46. The highest BCUT2D eigenvalue weighted by Gasteiger charge is 2.38. The van der Waals surface area contributed by atoms with Crippen LogP contribution in [0.15, 0.2) is 66.7 Å². The third kappa shape index (κ3) is 6.13. The third-order valence-corrected chi connectivity index (χ3v) is 7.28. The first kappa shape index (κ1) is 26.3. The Labute approximate surface area is 208 Å². The molecule has 1 saturated heterocycles. The molecule has 1 aliphatic heterocycles. The number of piperidine rings is 1. The van der Waals surface area contributed by atoms with Crippen molar-refractivity contribution in [1.29, 1.82) is 0 Å². The average molecular weight is 504 g/mol. The van der Waals surface area contributed by atoms with Gasteiger partial charge in [0.1, 0.15) is 11.6 Å². The summed E-state index contributed by atoms with van der Waals surface area (Å²) in [5.74, 6) is -0.636. The predicted molar refractivity (Wildman–Crippen MR) is 130 cm³/mol. The Morgan fingerprint density at radius 3 is 1.89 bits per heavy atom. The van der Waals surface area contributed by atoms with Crippen LogP contribution in [-0.2, 0) is 11.8 Å². The summed E-state index contributed by atoms with van der Waals surface area (Å²) in [5, 5.41) is 11.1. The van der Waals surface area contributed by atoms with Crippen LogP contribution in [0.2, 0.25) is 0 Å². The number of halogens is 5. The van der Waals surface area contributed by atoms with Gasteiger partial charge in [-0.15, -0.1) is 0 Å². The molecule has 36 heavy (non-hydrogen) atoms. The summed E-state index contributed by atoms with van der Waals surface area (Å²) in [4.78, 5) is 2.21. The van der Waals surface area contributed by atoms with Crippen molar-refractivity contribution in [2.45, 2.75) is 50.3 Å². The molecule has 0 atom stereocenters. The molecule has 0 aromatic heterocycles. The molecular formula is C29H30F5NO. The lowest BCUT2D eigenvalue weighted by Gasteiger charge is -2.39. The van der Waals surface area contributed by atoms with Gasteiger partial charge in [0, 0.05) is 19.0 Å². The van der Waals surface area contributed by atoms with Gasteiger partial charge in [-0.3, -0.25) is 0 Å². The van der Waals surface area contributed by atoms with Crippen molar-refractivity contribution in [3.8, 4) is 0 Å². The highest BCUT2D eigenvalue weighted by atomic mass is 19.4. The van der Waals surface area contributed by atoms with E-state index in [4.69, 9.17) is 0 Å². The van der Waals surface area contributed by atoms with Gasteiger partial charge in [0.25, 0.3) is 0 Å². The van der Waals surface area contributed by atoms with Gasteiger partial charge in [0.05, 0.1) is 11.2 Å². The third-order valence-electron chi connectivity index (χ3n) is 7.28.